The molecule has 0 saturated carbocycles. The van der Waals surface area contributed by atoms with E-state index >= 15 is 0 Å². The molecule has 1 heterocycles. The molecule has 0 unspecified atom stereocenters. The first kappa shape index (κ1) is 20.2. The number of anilines is 1. The zero-order valence-electron chi connectivity index (χ0n) is 15.3. The lowest BCUT2D eigenvalue weighted by Gasteiger charge is -2.23. The van der Waals surface area contributed by atoms with Gasteiger partial charge in [-0.1, -0.05) is 46.3 Å². The summed E-state index contributed by atoms with van der Waals surface area (Å²) in [5.74, 6) is -0.645. The molecular formula is C19H19BrN4O3S. The standard InChI is InChI=1S/C19H19BrN4O3S/c1-19(2,28(26,27)16-10-8-15(20)9-11-16)17(25)22-18-21-13-24(23-18)12-14-6-4-3-5-7-14/h3-11,13H,12H2,1-2H3,(H,22,23,25). The van der Waals surface area contributed by atoms with Crippen molar-refractivity contribution >= 4 is 37.6 Å². The minimum atomic E-state index is -3.91. The average molecular weight is 463 g/mol. The van der Waals surface area contributed by atoms with E-state index in [1.807, 2.05) is 30.3 Å². The molecule has 0 radical (unpaired) electrons. The molecule has 0 bridgehead atoms. The van der Waals surface area contributed by atoms with Crippen LogP contribution in [0.15, 0.2) is 70.3 Å². The van der Waals surface area contributed by atoms with Crippen molar-refractivity contribution < 1.29 is 13.2 Å². The Labute approximate surface area is 171 Å². The van der Waals surface area contributed by atoms with Crippen LogP contribution in [0.2, 0.25) is 0 Å². The fourth-order valence-electron chi connectivity index (χ4n) is 2.48. The molecule has 1 N–H and O–H groups in total. The van der Waals surface area contributed by atoms with Gasteiger partial charge in [0.25, 0.3) is 0 Å². The van der Waals surface area contributed by atoms with Gasteiger partial charge in [-0.15, -0.1) is 5.10 Å². The van der Waals surface area contributed by atoms with E-state index in [1.54, 1.807) is 16.8 Å². The maximum atomic E-state index is 12.9. The van der Waals surface area contributed by atoms with Gasteiger partial charge >= 0.3 is 0 Å². The zero-order chi connectivity index (χ0) is 20.4. The molecule has 7 nitrogen and oxygen atoms in total. The Morgan fingerprint density at radius 2 is 1.75 bits per heavy atom. The topological polar surface area (TPSA) is 93.9 Å². The van der Waals surface area contributed by atoms with Crippen molar-refractivity contribution in [2.24, 2.45) is 0 Å². The summed E-state index contributed by atoms with van der Waals surface area (Å²) in [5.41, 5.74) is 1.03. The van der Waals surface area contributed by atoms with Crippen molar-refractivity contribution in [2.75, 3.05) is 5.32 Å². The van der Waals surface area contributed by atoms with E-state index in [1.165, 1.54) is 32.3 Å². The van der Waals surface area contributed by atoms with Crippen LogP contribution in [0.4, 0.5) is 5.95 Å². The Morgan fingerprint density at radius 1 is 1.11 bits per heavy atom. The lowest BCUT2D eigenvalue weighted by Crippen LogP contribution is -2.44. The van der Waals surface area contributed by atoms with Crippen LogP contribution in [-0.4, -0.2) is 33.8 Å². The van der Waals surface area contributed by atoms with Crippen molar-refractivity contribution in [3.8, 4) is 0 Å². The highest BCUT2D eigenvalue weighted by Crippen LogP contribution is 2.27. The first-order chi connectivity index (χ1) is 13.2. The van der Waals surface area contributed by atoms with Crippen molar-refractivity contribution in [3.63, 3.8) is 0 Å². The van der Waals surface area contributed by atoms with Crippen molar-refractivity contribution in [1.82, 2.24) is 14.8 Å². The number of carbonyl (C=O) groups excluding carboxylic acids is 1. The second kappa shape index (κ2) is 7.84. The number of benzene rings is 2. The highest BCUT2D eigenvalue weighted by atomic mass is 79.9. The largest absolute Gasteiger partial charge is 0.292 e. The normalized spacial score (nSPS) is 12.0. The van der Waals surface area contributed by atoms with Gasteiger partial charge in [0, 0.05) is 4.47 Å². The van der Waals surface area contributed by atoms with Crippen LogP contribution < -0.4 is 5.32 Å². The average Bonchev–Trinajstić information content (AvgIpc) is 3.09. The second-order valence-corrected chi connectivity index (χ2v) is 10.1. The summed E-state index contributed by atoms with van der Waals surface area (Å²) >= 11 is 3.27. The third-order valence-corrected chi connectivity index (χ3v) is 7.24. The minimum Gasteiger partial charge on any atom is -0.292 e. The van der Waals surface area contributed by atoms with Gasteiger partial charge in [0.05, 0.1) is 11.4 Å². The second-order valence-electron chi connectivity index (χ2n) is 6.67. The number of carbonyl (C=O) groups is 1. The van der Waals surface area contributed by atoms with Crippen LogP contribution in [0.5, 0.6) is 0 Å². The molecule has 9 heteroatoms. The fraction of sp³-hybridized carbons (Fsp3) is 0.211. The SMILES string of the molecule is CC(C)(C(=O)Nc1ncn(Cc2ccccc2)n1)S(=O)(=O)c1ccc(Br)cc1. The summed E-state index contributed by atoms with van der Waals surface area (Å²) < 4.78 is 26.5. The molecule has 0 aliphatic rings. The maximum absolute atomic E-state index is 12.9. The zero-order valence-corrected chi connectivity index (χ0v) is 17.7. The number of nitrogens with zero attached hydrogens (tertiary/aromatic N) is 3. The number of hydrogen-bond acceptors (Lipinski definition) is 5. The van der Waals surface area contributed by atoms with Gasteiger partial charge in [0.2, 0.25) is 11.9 Å². The molecule has 3 rings (SSSR count). The molecule has 1 aromatic heterocycles. The van der Waals surface area contributed by atoms with Crippen LogP contribution in [0.3, 0.4) is 0 Å². The summed E-state index contributed by atoms with van der Waals surface area (Å²) in [4.78, 5) is 16.8. The Morgan fingerprint density at radius 3 is 2.39 bits per heavy atom. The summed E-state index contributed by atoms with van der Waals surface area (Å²) in [5, 5.41) is 6.70. The number of aromatic nitrogens is 3. The van der Waals surface area contributed by atoms with Crippen molar-refractivity contribution in [3.05, 3.63) is 71.0 Å². The van der Waals surface area contributed by atoms with Crippen LogP contribution in [0.25, 0.3) is 0 Å². The van der Waals surface area contributed by atoms with Gasteiger partial charge in [0.1, 0.15) is 11.1 Å². The molecule has 0 spiro atoms. The molecule has 146 valence electrons. The Balaban J connectivity index is 1.75. The third-order valence-electron chi connectivity index (χ3n) is 4.29. The first-order valence-corrected chi connectivity index (χ1v) is 10.7. The highest BCUT2D eigenvalue weighted by Gasteiger charge is 2.43. The predicted octanol–water partition coefficient (Wildman–Crippen LogP) is 3.28. The first-order valence-electron chi connectivity index (χ1n) is 8.45. The Hall–Kier alpha value is -2.52. The third kappa shape index (κ3) is 4.15. The molecule has 0 aliphatic carbocycles. The molecular weight excluding hydrogens is 444 g/mol. The van der Waals surface area contributed by atoms with E-state index in [-0.39, 0.29) is 10.8 Å². The Kier molecular flexibility index (Phi) is 5.66. The lowest BCUT2D eigenvalue weighted by atomic mass is 10.2. The van der Waals surface area contributed by atoms with Crippen LogP contribution in [0.1, 0.15) is 19.4 Å². The minimum absolute atomic E-state index is 0.0556. The van der Waals surface area contributed by atoms with E-state index in [2.05, 4.69) is 31.3 Å². The molecule has 0 aliphatic heterocycles. The van der Waals surface area contributed by atoms with Gasteiger partial charge in [-0.25, -0.2) is 18.1 Å². The summed E-state index contributed by atoms with van der Waals surface area (Å²) in [6, 6.07) is 15.8. The van der Waals surface area contributed by atoms with Gasteiger partial charge in [0.15, 0.2) is 9.84 Å². The summed E-state index contributed by atoms with van der Waals surface area (Å²) in [6.07, 6.45) is 1.48. The van der Waals surface area contributed by atoms with Crippen LogP contribution in [0, 0.1) is 0 Å². The summed E-state index contributed by atoms with van der Waals surface area (Å²) in [7, 11) is -3.91. The molecule has 3 aromatic rings. The lowest BCUT2D eigenvalue weighted by molar-refractivity contribution is -0.117. The number of amides is 1. The van der Waals surface area contributed by atoms with Gasteiger partial charge < -0.3 is 0 Å². The summed E-state index contributed by atoms with van der Waals surface area (Å²) in [6.45, 7) is 3.21. The van der Waals surface area contributed by atoms with E-state index in [0.29, 0.717) is 6.54 Å². The van der Waals surface area contributed by atoms with Gasteiger partial charge in [-0.05, 0) is 43.7 Å². The molecule has 0 atom stereocenters. The van der Waals surface area contributed by atoms with E-state index in [9.17, 15) is 13.2 Å². The smallest absolute Gasteiger partial charge is 0.248 e. The molecule has 28 heavy (non-hydrogen) atoms. The van der Waals surface area contributed by atoms with Crippen LogP contribution >= 0.6 is 15.9 Å². The Bertz CT molecular complexity index is 1080. The van der Waals surface area contributed by atoms with E-state index in [4.69, 9.17) is 0 Å². The van der Waals surface area contributed by atoms with E-state index in [0.717, 1.165) is 10.0 Å². The molecule has 0 saturated heterocycles. The quantitative estimate of drug-likeness (QED) is 0.606. The number of halogens is 1. The monoisotopic (exact) mass is 462 g/mol. The van der Waals surface area contributed by atoms with E-state index < -0.39 is 20.5 Å². The van der Waals surface area contributed by atoms with Crippen molar-refractivity contribution in [1.29, 1.82) is 0 Å². The molecule has 0 fully saturated rings. The molecule has 1 amide bonds. The maximum Gasteiger partial charge on any atom is 0.248 e. The number of sulfone groups is 1. The highest BCUT2D eigenvalue weighted by molar-refractivity contribution is 9.10. The number of nitrogens with one attached hydrogen (secondary N) is 1. The molecule has 2 aromatic carbocycles. The number of rotatable bonds is 6. The van der Waals surface area contributed by atoms with Crippen LogP contribution in [-0.2, 0) is 21.2 Å². The fourth-order valence-corrected chi connectivity index (χ4v) is 4.12. The van der Waals surface area contributed by atoms with Crippen molar-refractivity contribution in [2.45, 2.75) is 30.0 Å². The predicted molar refractivity (Wildman–Crippen MR) is 110 cm³/mol. The van der Waals surface area contributed by atoms with Gasteiger partial charge in [-0.3, -0.25) is 10.1 Å². The number of hydrogen-bond donors (Lipinski definition) is 1. The van der Waals surface area contributed by atoms with Gasteiger partial charge in [-0.2, -0.15) is 0 Å².